The first kappa shape index (κ1) is 13.0. The van der Waals surface area contributed by atoms with Crippen LogP contribution in [0.15, 0.2) is 28.7 Å². The number of piperazine rings is 1. The summed E-state index contributed by atoms with van der Waals surface area (Å²) in [5.41, 5.74) is 0. The van der Waals surface area contributed by atoms with Crippen molar-refractivity contribution in [3.8, 4) is 5.75 Å². The van der Waals surface area contributed by atoms with E-state index < -0.39 is 0 Å². The van der Waals surface area contributed by atoms with Gasteiger partial charge >= 0.3 is 0 Å². The maximum atomic E-state index is 11.5. The Balaban J connectivity index is 1.84. The van der Waals surface area contributed by atoms with Crippen molar-refractivity contribution >= 4 is 27.7 Å². The van der Waals surface area contributed by atoms with Gasteiger partial charge in [-0.25, -0.2) is 0 Å². The van der Waals surface area contributed by atoms with Crippen molar-refractivity contribution in [3.63, 3.8) is 0 Å². The molecule has 6 heteroatoms. The molecule has 1 aromatic carbocycles. The Labute approximate surface area is 113 Å². The molecular formula is C12H13BrN2O3. The second-order valence-corrected chi connectivity index (χ2v) is 4.76. The lowest BCUT2D eigenvalue weighted by Crippen LogP contribution is -2.53. The molecule has 2 rings (SSSR count). The molecule has 0 radical (unpaired) electrons. The number of halogens is 1. The number of carbonyl (C=O) groups excluding carboxylic acids is 2. The SMILES string of the molecule is O=C1CNCC(=O)N1CCOc1cccc(Br)c1. The van der Waals surface area contributed by atoms with E-state index in [1.165, 1.54) is 4.90 Å². The highest BCUT2D eigenvalue weighted by molar-refractivity contribution is 9.10. The third-order valence-corrected chi connectivity index (χ3v) is 3.03. The first-order valence-corrected chi connectivity index (χ1v) is 6.38. The molecule has 18 heavy (non-hydrogen) atoms. The largest absolute Gasteiger partial charge is 0.492 e. The van der Waals surface area contributed by atoms with Crippen molar-refractivity contribution in [3.05, 3.63) is 28.7 Å². The Morgan fingerprint density at radius 3 is 2.67 bits per heavy atom. The van der Waals surface area contributed by atoms with E-state index in [-0.39, 0.29) is 31.4 Å². The van der Waals surface area contributed by atoms with Gasteiger partial charge in [-0.2, -0.15) is 0 Å². The van der Waals surface area contributed by atoms with E-state index in [1.807, 2.05) is 24.3 Å². The van der Waals surface area contributed by atoms with Crippen molar-refractivity contribution in [2.24, 2.45) is 0 Å². The highest BCUT2D eigenvalue weighted by atomic mass is 79.9. The zero-order chi connectivity index (χ0) is 13.0. The Bertz CT molecular complexity index is 448. The number of benzene rings is 1. The highest BCUT2D eigenvalue weighted by Gasteiger charge is 2.24. The second kappa shape index (κ2) is 5.97. The zero-order valence-corrected chi connectivity index (χ0v) is 11.3. The zero-order valence-electron chi connectivity index (χ0n) is 9.69. The fourth-order valence-electron chi connectivity index (χ4n) is 1.67. The number of hydrogen-bond acceptors (Lipinski definition) is 4. The number of nitrogens with zero attached hydrogens (tertiary/aromatic N) is 1. The molecule has 1 saturated heterocycles. The number of rotatable bonds is 4. The highest BCUT2D eigenvalue weighted by Crippen LogP contribution is 2.17. The number of ether oxygens (including phenoxy) is 1. The van der Waals surface area contributed by atoms with Crippen LogP contribution in [-0.4, -0.2) is 43.0 Å². The van der Waals surface area contributed by atoms with Gasteiger partial charge in [0.15, 0.2) is 0 Å². The van der Waals surface area contributed by atoms with Crippen LogP contribution in [0.4, 0.5) is 0 Å². The van der Waals surface area contributed by atoms with Crippen molar-refractivity contribution < 1.29 is 14.3 Å². The molecule has 1 heterocycles. The molecule has 0 atom stereocenters. The van der Waals surface area contributed by atoms with Crippen LogP contribution < -0.4 is 10.1 Å². The molecule has 0 unspecified atom stereocenters. The minimum Gasteiger partial charge on any atom is -0.492 e. The molecule has 0 saturated carbocycles. The fourth-order valence-corrected chi connectivity index (χ4v) is 2.05. The number of hydrogen-bond donors (Lipinski definition) is 1. The van der Waals surface area contributed by atoms with Gasteiger partial charge in [0.05, 0.1) is 19.6 Å². The third-order valence-electron chi connectivity index (χ3n) is 2.53. The lowest BCUT2D eigenvalue weighted by atomic mass is 10.3. The minimum absolute atomic E-state index is 0.205. The van der Waals surface area contributed by atoms with Gasteiger partial charge in [0.25, 0.3) is 0 Å². The number of amides is 2. The van der Waals surface area contributed by atoms with Crippen molar-refractivity contribution in [1.29, 1.82) is 0 Å². The van der Waals surface area contributed by atoms with Crippen LogP contribution in [0.5, 0.6) is 5.75 Å². The lowest BCUT2D eigenvalue weighted by molar-refractivity contribution is -0.146. The summed E-state index contributed by atoms with van der Waals surface area (Å²) in [6.45, 7) is 1.01. The molecule has 1 aromatic rings. The Hall–Kier alpha value is -1.40. The van der Waals surface area contributed by atoms with E-state index in [0.29, 0.717) is 12.4 Å². The maximum Gasteiger partial charge on any atom is 0.243 e. The van der Waals surface area contributed by atoms with E-state index in [2.05, 4.69) is 21.2 Å². The first-order valence-electron chi connectivity index (χ1n) is 5.59. The second-order valence-electron chi connectivity index (χ2n) is 3.85. The molecular weight excluding hydrogens is 300 g/mol. The predicted molar refractivity (Wildman–Crippen MR) is 69.2 cm³/mol. The van der Waals surface area contributed by atoms with Crippen LogP contribution in [0.2, 0.25) is 0 Å². The van der Waals surface area contributed by atoms with Crippen LogP contribution >= 0.6 is 15.9 Å². The topological polar surface area (TPSA) is 58.6 Å². The molecule has 1 aliphatic rings. The first-order chi connectivity index (χ1) is 8.66. The smallest absolute Gasteiger partial charge is 0.243 e. The Kier molecular flexibility index (Phi) is 4.33. The summed E-state index contributed by atoms with van der Waals surface area (Å²) in [6.07, 6.45) is 0. The van der Waals surface area contributed by atoms with Gasteiger partial charge in [-0.05, 0) is 18.2 Å². The average molecular weight is 313 g/mol. The van der Waals surface area contributed by atoms with Gasteiger partial charge in [-0.1, -0.05) is 22.0 Å². The summed E-state index contributed by atoms with van der Waals surface area (Å²) < 4.78 is 6.42. The Morgan fingerprint density at radius 2 is 2.00 bits per heavy atom. The molecule has 1 aliphatic heterocycles. The third kappa shape index (κ3) is 3.30. The molecule has 0 spiro atoms. The normalized spacial score (nSPS) is 15.9. The standard InChI is InChI=1S/C12H13BrN2O3/c13-9-2-1-3-10(6-9)18-5-4-15-11(16)7-14-8-12(15)17/h1-3,6,14H,4-5,7-8H2. The summed E-state index contributed by atoms with van der Waals surface area (Å²) in [6, 6.07) is 7.42. The van der Waals surface area contributed by atoms with Gasteiger partial charge in [0.1, 0.15) is 12.4 Å². The summed E-state index contributed by atoms with van der Waals surface area (Å²) in [5, 5.41) is 2.74. The van der Waals surface area contributed by atoms with Crippen molar-refractivity contribution in [2.45, 2.75) is 0 Å². The van der Waals surface area contributed by atoms with Gasteiger partial charge in [0, 0.05) is 4.47 Å². The Morgan fingerprint density at radius 1 is 1.28 bits per heavy atom. The molecule has 1 fully saturated rings. The quantitative estimate of drug-likeness (QED) is 0.835. The van der Waals surface area contributed by atoms with Gasteiger partial charge < -0.3 is 4.74 Å². The van der Waals surface area contributed by atoms with Crippen LogP contribution in [0, 0.1) is 0 Å². The molecule has 5 nitrogen and oxygen atoms in total. The molecule has 0 aliphatic carbocycles. The van der Waals surface area contributed by atoms with Gasteiger partial charge in [0.2, 0.25) is 11.8 Å². The van der Waals surface area contributed by atoms with Gasteiger partial charge in [-0.15, -0.1) is 0 Å². The van der Waals surface area contributed by atoms with E-state index in [0.717, 1.165) is 4.47 Å². The van der Waals surface area contributed by atoms with E-state index in [9.17, 15) is 9.59 Å². The monoisotopic (exact) mass is 312 g/mol. The van der Waals surface area contributed by atoms with E-state index >= 15 is 0 Å². The fraction of sp³-hybridized carbons (Fsp3) is 0.333. The van der Waals surface area contributed by atoms with Crippen LogP contribution in [0.3, 0.4) is 0 Å². The molecule has 96 valence electrons. The molecule has 0 aromatic heterocycles. The van der Waals surface area contributed by atoms with Crippen LogP contribution in [0.1, 0.15) is 0 Å². The molecule has 0 bridgehead atoms. The summed E-state index contributed by atoms with van der Waals surface area (Å²) in [5.74, 6) is 0.299. The van der Waals surface area contributed by atoms with Crippen molar-refractivity contribution in [2.75, 3.05) is 26.2 Å². The lowest BCUT2D eigenvalue weighted by Gasteiger charge is -2.25. The maximum absolute atomic E-state index is 11.5. The molecule has 2 amide bonds. The van der Waals surface area contributed by atoms with Gasteiger partial charge in [-0.3, -0.25) is 19.8 Å². The summed E-state index contributed by atoms with van der Waals surface area (Å²) in [4.78, 5) is 24.2. The molecule has 1 N–H and O–H groups in total. The van der Waals surface area contributed by atoms with Crippen LogP contribution in [-0.2, 0) is 9.59 Å². The van der Waals surface area contributed by atoms with Crippen molar-refractivity contribution in [1.82, 2.24) is 10.2 Å². The summed E-state index contributed by atoms with van der Waals surface area (Å²) in [7, 11) is 0. The number of imide groups is 1. The number of nitrogens with one attached hydrogen (secondary N) is 1. The van der Waals surface area contributed by atoms with Crippen LogP contribution in [0.25, 0.3) is 0 Å². The number of carbonyl (C=O) groups is 2. The van der Waals surface area contributed by atoms with E-state index in [4.69, 9.17) is 4.74 Å². The minimum atomic E-state index is -0.205. The predicted octanol–water partition coefficient (Wildman–Crippen LogP) is 0.786. The average Bonchev–Trinajstić information content (AvgIpc) is 2.33. The van der Waals surface area contributed by atoms with E-state index in [1.54, 1.807) is 0 Å². The summed E-state index contributed by atoms with van der Waals surface area (Å²) >= 11 is 3.34.